The van der Waals surface area contributed by atoms with Crippen LogP contribution in [0.5, 0.6) is 0 Å². The van der Waals surface area contributed by atoms with Gasteiger partial charge in [-0.2, -0.15) is 0 Å². The number of rotatable bonds is 2. The molecule has 1 aliphatic heterocycles. The van der Waals surface area contributed by atoms with Gasteiger partial charge in [-0.15, -0.1) is 0 Å². The summed E-state index contributed by atoms with van der Waals surface area (Å²) in [5.74, 6) is 0.856. The number of nitrogens with two attached hydrogens (primary N) is 1. The lowest BCUT2D eigenvalue weighted by Gasteiger charge is -2.36. The predicted octanol–water partition coefficient (Wildman–Crippen LogP) is 2.08. The summed E-state index contributed by atoms with van der Waals surface area (Å²) in [5.41, 5.74) is 9.93. The van der Waals surface area contributed by atoms with Crippen molar-refractivity contribution >= 4 is 5.69 Å². The van der Waals surface area contributed by atoms with E-state index in [0.717, 1.165) is 11.6 Å². The molecule has 0 saturated carbocycles. The van der Waals surface area contributed by atoms with Crippen LogP contribution in [-0.4, -0.2) is 24.5 Å². The molecule has 1 aromatic carbocycles. The molecule has 1 unspecified atom stereocenters. The van der Waals surface area contributed by atoms with E-state index in [0.29, 0.717) is 0 Å². The molecule has 0 radical (unpaired) electrons. The minimum Gasteiger partial charge on any atom is -0.398 e. The summed E-state index contributed by atoms with van der Waals surface area (Å²) in [6, 6.07) is 6.39. The molecule has 0 amide bonds. The highest BCUT2D eigenvalue weighted by molar-refractivity contribution is 5.52. The van der Waals surface area contributed by atoms with Crippen molar-refractivity contribution in [2.24, 2.45) is 5.92 Å². The Morgan fingerprint density at radius 3 is 2.94 bits per heavy atom. The molecule has 1 fully saturated rings. The van der Waals surface area contributed by atoms with Gasteiger partial charge in [-0.1, -0.05) is 12.1 Å². The molecule has 1 heterocycles. The van der Waals surface area contributed by atoms with Crippen molar-refractivity contribution in [1.29, 1.82) is 0 Å². The number of benzene rings is 1. The van der Waals surface area contributed by atoms with E-state index in [1.54, 1.807) is 0 Å². The first kappa shape index (κ1) is 10.2. The molecule has 2 N–H and O–H groups in total. The Bertz CT molecular complexity index is 382. The third kappa shape index (κ3) is 1.82. The SMILES string of the molecule is Nc1cccc2c1CCC(CN1CCC1)C2. The van der Waals surface area contributed by atoms with Crippen molar-refractivity contribution in [1.82, 2.24) is 4.90 Å². The van der Waals surface area contributed by atoms with Crippen LogP contribution < -0.4 is 5.73 Å². The number of hydrogen-bond acceptors (Lipinski definition) is 2. The van der Waals surface area contributed by atoms with Crippen LogP contribution in [0.25, 0.3) is 0 Å². The van der Waals surface area contributed by atoms with Crippen LogP contribution in [0.1, 0.15) is 24.0 Å². The van der Waals surface area contributed by atoms with Crippen LogP contribution in [0.15, 0.2) is 18.2 Å². The zero-order chi connectivity index (χ0) is 11.0. The normalized spacial score (nSPS) is 24.9. The highest BCUT2D eigenvalue weighted by Crippen LogP contribution is 2.30. The van der Waals surface area contributed by atoms with E-state index >= 15 is 0 Å². The van der Waals surface area contributed by atoms with E-state index in [2.05, 4.69) is 17.0 Å². The molecular formula is C14H20N2. The Balaban J connectivity index is 1.70. The lowest BCUT2D eigenvalue weighted by Crippen LogP contribution is -2.41. The van der Waals surface area contributed by atoms with Gasteiger partial charge in [0.1, 0.15) is 0 Å². The second-order valence-corrected chi connectivity index (χ2v) is 5.25. The maximum absolute atomic E-state index is 6.01. The monoisotopic (exact) mass is 216 g/mol. The largest absolute Gasteiger partial charge is 0.398 e. The zero-order valence-corrected chi connectivity index (χ0v) is 9.78. The Labute approximate surface area is 97.4 Å². The van der Waals surface area contributed by atoms with Gasteiger partial charge in [0.2, 0.25) is 0 Å². The topological polar surface area (TPSA) is 29.3 Å². The molecule has 0 aromatic heterocycles. The van der Waals surface area contributed by atoms with Crippen LogP contribution in [0.3, 0.4) is 0 Å². The molecule has 16 heavy (non-hydrogen) atoms. The standard InChI is InChI=1S/C14H20N2/c15-14-4-1-3-12-9-11(5-6-13(12)14)10-16-7-2-8-16/h1,3-4,11H,2,5-10,15H2. The van der Waals surface area contributed by atoms with E-state index in [1.165, 1.54) is 56.4 Å². The van der Waals surface area contributed by atoms with Gasteiger partial charge in [0.25, 0.3) is 0 Å². The Hall–Kier alpha value is -1.02. The van der Waals surface area contributed by atoms with E-state index in [9.17, 15) is 0 Å². The van der Waals surface area contributed by atoms with Gasteiger partial charge < -0.3 is 10.6 Å². The fraction of sp³-hybridized carbons (Fsp3) is 0.571. The van der Waals surface area contributed by atoms with Crippen LogP contribution in [0.4, 0.5) is 5.69 Å². The predicted molar refractivity (Wildman–Crippen MR) is 67.4 cm³/mol. The van der Waals surface area contributed by atoms with Gasteiger partial charge in [-0.25, -0.2) is 0 Å². The fourth-order valence-corrected chi connectivity index (χ4v) is 3.00. The van der Waals surface area contributed by atoms with Crippen LogP contribution in [0.2, 0.25) is 0 Å². The smallest absolute Gasteiger partial charge is 0.0349 e. The first-order valence-electron chi connectivity index (χ1n) is 6.41. The summed E-state index contributed by atoms with van der Waals surface area (Å²) in [7, 11) is 0. The average molecular weight is 216 g/mol. The number of anilines is 1. The van der Waals surface area contributed by atoms with Crippen molar-refractivity contribution in [2.75, 3.05) is 25.4 Å². The molecular weight excluding hydrogens is 196 g/mol. The third-order valence-corrected chi connectivity index (χ3v) is 4.09. The minimum atomic E-state index is 0.856. The lowest BCUT2D eigenvalue weighted by molar-refractivity contribution is 0.146. The molecule has 86 valence electrons. The summed E-state index contributed by atoms with van der Waals surface area (Å²) in [5, 5.41) is 0. The summed E-state index contributed by atoms with van der Waals surface area (Å²) in [6.07, 6.45) is 5.13. The molecule has 1 aromatic rings. The summed E-state index contributed by atoms with van der Waals surface area (Å²) in [4.78, 5) is 2.59. The van der Waals surface area contributed by atoms with Crippen LogP contribution >= 0.6 is 0 Å². The van der Waals surface area contributed by atoms with Gasteiger partial charge in [-0.05, 0) is 61.9 Å². The Morgan fingerprint density at radius 1 is 1.31 bits per heavy atom. The maximum Gasteiger partial charge on any atom is 0.0349 e. The molecule has 2 heteroatoms. The average Bonchev–Trinajstić information content (AvgIpc) is 2.24. The first-order valence-corrected chi connectivity index (χ1v) is 6.41. The summed E-state index contributed by atoms with van der Waals surface area (Å²) < 4.78 is 0. The Kier molecular flexibility index (Phi) is 2.60. The maximum atomic E-state index is 6.01. The number of nitrogen functional groups attached to an aromatic ring is 1. The Morgan fingerprint density at radius 2 is 2.19 bits per heavy atom. The number of hydrogen-bond donors (Lipinski definition) is 1. The van der Waals surface area contributed by atoms with E-state index in [-0.39, 0.29) is 0 Å². The van der Waals surface area contributed by atoms with Crippen LogP contribution in [0, 0.1) is 5.92 Å². The fourth-order valence-electron chi connectivity index (χ4n) is 3.00. The zero-order valence-electron chi connectivity index (χ0n) is 9.78. The van der Waals surface area contributed by atoms with Crippen molar-refractivity contribution < 1.29 is 0 Å². The van der Waals surface area contributed by atoms with Crippen molar-refractivity contribution in [3.8, 4) is 0 Å². The highest BCUT2D eigenvalue weighted by Gasteiger charge is 2.24. The molecule has 3 rings (SSSR count). The number of nitrogens with zero attached hydrogens (tertiary/aromatic N) is 1. The molecule has 1 saturated heterocycles. The van der Waals surface area contributed by atoms with E-state index < -0.39 is 0 Å². The quantitative estimate of drug-likeness (QED) is 0.767. The van der Waals surface area contributed by atoms with Crippen molar-refractivity contribution in [2.45, 2.75) is 25.7 Å². The molecule has 1 aliphatic carbocycles. The van der Waals surface area contributed by atoms with E-state index in [1.807, 2.05) is 6.07 Å². The van der Waals surface area contributed by atoms with Gasteiger partial charge in [-0.3, -0.25) is 0 Å². The summed E-state index contributed by atoms with van der Waals surface area (Å²) >= 11 is 0. The molecule has 2 nitrogen and oxygen atoms in total. The second kappa shape index (κ2) is 4.10. The molecule has 0 bridgehead atoms. The van der Waals surface area contributed by atoms with E-state index in [4.69, 9.17) is 5.73 Å². The highest BCUT2D eigenvalue weighted by atomic mass is 15.2. The second-order valence-electron chi connectivity index (χ2n) is 5.25. The molecule has 2 aliphatic rings. The molecule has 1 atom stereocenters. The number of likely N-dealkylation sites (tertiary alicyclic amines) is 1. The molecule has 0 spiro atoms. The van der Waals surface area contributed by atoms with Crippen molar-refractivity contribution in [3.63, 3.8) is 0 Å². The first-order chi connectivity index (χ1) is 7.83. The van der Waals surface area contributed by atoms with Gasteiger partial charge in [0.15, 0.2) is 0 Å². The van der Waals surface area contributed by atoms with Gasteiger partial charge in [0.05, 0.1) is 0 Å². The third-order valence-electron chi connectivity index (χ3n) is 4.09. The van der Waals surface area contributed by atoms with Crippen molar-refractivity contribution in [3.05, 3.63) is 29.3 Å². The number of fused-ring (bicyclic) bond motifs is 1. The summed E-state index contributed by atoms with van der Waals surface area (Å²) in [6.45, 7) is 3.94. The minimum absolute atomic E-state index is 0.856. The van der Waals surface area contributed by atoms with Gasteiger partial charge >= 0.3 is 0 Å². The van der Waals surface area contributed by atoms with Crippen LogP contribution in [-0.2, 0) is 12.8 Å². The van der Waals surface area contributed by atoms with Gasteiger partial charge in [0, 0.05) is 12.2 Å². The lowest BCUT2D eigenvalue weighted by atomic mass is 9.82.